The van der Waals surface area contributed by atoms with Crippen molar-refractivity contribution in [3.63, 3.8) is 0 Å². The fraction of sp³-hybridized carbons (Fsp3) is 0.438. The van der Waals surface area contributed by atoms with E-state index in [1.54, 1.807) is 12.1 Å². The fourth-order valence-corrected chi connectivity index (χ4v) is 3.23. The van der Waals surface area contributed by atoms with Crippen molar-refractivity contribution in [2.24, 2.45) is 5.73 Å². The Morgan fingerprint density at radius 2 is 2.10 bits per heavy atom. The Labute approximate surface area is 133 Å². The van der Waals surface area contributed by atoms with E-state index in [2.05, 4.69) is 34.9 Å². The summed E-state index contributed by atoms with van der Waals surface area (Å²) in [6.45, 7) is 4.98. The highest BCUT2D eigenvalue weighted by Gasteiger charge is 2.17. The van der Waals surface area contributed by atoms with Gasteiger partial charge in [0.1, 0.15) is 5.82 Å². The van der Waals surface area contributed by atoms with Gasteiger partial charge in [-0.2, -0.15) is 5.10 Å². The van der Waals surface area contributed by atoms with E-state index < -0.39 is 0 Å². The van der Waals surface area contributed by atoms with E-state index in [1.807, 2.05) is 10.7 Å². The third-order valence-electron chi connectivity index (χ3n) is 3.54. The molecule has 1 unspecified atom stereocenters. The number of aryl methyl sites for hydroxylation is 2. The zero-order chi connectivity index (χ0) is 15.4. The highest BCUT2D eigenvalue weighted by atomic mass is 79.9. The molecule has 2 N–H and O–H groups in total. The monoisotopic (exact) mass is 353 g/mol. The number of nitrogens with zero attached hydrogens (tertiary/aromatic N) is 2. The van der Waals surface area contributed by atoms with Gasteiger partial charge in [-0.05, 0) is 53.4 Å². The molecule has 0 aliphatic rings. The van der Waals surface area contributed by atoms with Crippen molar-refractivity contribution in [1.82, 2.24) is 9.78 Å². The first kappa shape index (κ1) is 16.2. The molecule has 0 saturated heterocycles. The Bertz CT molecular complexity index is 610. The van der Waals surface area contributed by atoms with E-state index in [4.69, 9.17) is 5.73 Å². The molecular weight excluding hydrogens is 333 g/mol. The molecule has 0 spiro atoms. The predicted octanol–water partition coefficient (Wildman–Crippen LogP) is 3.48. The summed E-state index contributed by atoms with van der Waals surface area (Å²) in [5, 5.41) is 4.58. The van der Waals surface area contributed by atoms with Crippen molar-refractivity contribution in [2.75, 3.05) is 0 Å². The number of rotatable bonds is 6. The van der Waals surface area contributed by atoms with Gasteiger partial charge < -0.3 is 5.73 Å². The molecular formula is C16H21BrFN3. The summed E-state index contributed by atoms with van der Waals surface area (Å²) >= 11 is 3.63. The smallest absolute Gasteiger partial charge is 0.123 e. The van der Waals surface area contributed by atoms with Crippen LogP contribution in [0.1, 0.15) is 30.8 Å². The van der Waals surface area contributed by atoms with Gasteiger partial charge in [0.25, 0.3) is 0 Å². The Morgan fingerprint density at radius 3 is 2.71 bits per heavy atom. The molecule has 0 bridgehead atoms. The van der Waals surface area contributed by atoms with Crippen LogP contribution in [0.5, 0.6) is 0 Å². The maximum Gasteiger partial charge on any atom is 0.123 e. The van der Waals surface area contributed by atoms with Crippen LogP contribution in [0.15, 0.2) is 28.7 Å². The predicted molar refractivity (Wildman–Crippen MR) is 86.8 cm³/mol. The fourth-order valence-electron chi connectivity index (χ4n) is 2.50. The Hall–Kier alpha value is -1.20. The van der Waals surface area contributed by atoms with E-state index in [-0.39, 0.29) is 11.9 Å². The van der Waals surface area contributed by atoms with Crippen molar-refractivity contribution in [3.8, 4) is 0 Å². The Balaban J connectivity index is 2.12. The molecule has 2 rings (SSSR count). The van der Waals surface area contributed by atoms with Crippen LogP contribution in [0, 0.1) is 5.82 Å². The van der Waals surface area contributed by atoms with Crippen LogP contribution >= 0.6 is 15.9 Å². The lowest BCUT2D eigenvalue weighted by Crippen LogP contribution is -2.27. The zero-order valence-corrected chi connectivity index (χ0v) is 14.0. The van der Waals surface area contributed by atoms with Gasteiger partial charge in [-0.25, -0.2) is 4.39 Å². The second-order valence-corrected chi connectivity index (χ2v) is 5.97. The summed E-state index contributed by atoms with van der Waals surface area (Å²) in [7, 11) is 0. The molecule has 1 atom stereocenters. The van der Waals surface area contributed by atoms with Gasteiger partial charge in [-0.1, -0.05) is 19.1 Å². The first-order valence-corrected chi connectivity index (χ1v) is 8.08. The number of nitrogens with two attached hydrogens (primary N) is 1. The van der Waals surface area contributed by atoms with Gasteiger partial charge in [0.2, 0.25) is 0 Å². The largest absolute Gasteiger partial charge is 0.327 e. The molecule has 0 radical (unpaired) electrons. The van der Waals surface area contributed by atoms with Crippen molar-refractivity contribution < 1.29 is 4.39 Å². The molecule has 1 aromatic carbocycles. The highest BCUT2D eigenvalue weighted by Crippen LogP contribution is 2.24. The molecule has 1 aromatic heterocycles. The third-order valence-corrected chi connectivity index (χ3v) is 4.45. The number of aromatic nitrogens is 2. The molecule has 5 heteroatoms. The number of halogens is 2. The molecule has 0 saturated carbocycles. The second kappa shape index (κ2) is 7.18. The highest BCUT2D eigenvalue weighted by molar-refractivity contribution is 9.10. The maximum atomic E-state index is 13.2. The molecule has 21 heavy (non-hydrogen) atoms. The van der Waals surface area contributed by atoms with Crippen LogP contribution in [0.25, 0.3) is 0 Å². The van der Waals surface area contributed by atoms with E-state index in [0.29, 0.717) is 6.42 Å². The first-order valence-electron chi connectivity index (χ1n) is 7.29. The van der Waals surface area contributed by atoms with Crippen molar-refractivity contribution in [1.29, 1.82) is 0 Å². The van der Waals surface area contributed by atoms with Gasteiger partial charge in [0.15, 0.2) is 0 Å². The van der Waals surface area contributed by atoms with Crippen LogP contribution in [-0.4, -0.2) is 15.8 Å². The number of benzene rings is 1. The standard InChI is InChI=1S/C16H21BrFN3/c1-3-14-16(17)15(21(4-2)20-14)10-13(19)9-11-6-5-7-12(18)8-11/h5-8,13H,3-4,9-10,19H2,1-2H3. The van der Waals surface area contributed by atoms with Crippen LogP contribution in [-0.2, 0) is 25.8 Å². The van der Waals surface area contributed by atoms with Crippen molar-refractivity contribution in [3.05, 3.63) is 51.5 Å². The van der Waals surface area contributed by atoms with E-state index >= 15 is 0 Å². The minimum Gasteiger partial charge on any atom is -0.327 e. The molecule has 3 nitrogen and oxygen atoms in total. The zero-order valence-electron chi connectivity index (χ0n) is 12.4. The summed E-state index contributed by atoms with van der Waals surface area (Å²) < 4.78 is 16.3. The minimum absolute atomic E-state index is 0.0604. The average molecular weight is 354 g/mol. The Morgan fingerprint density at radius 1 is 1.33 bits per heavy atom. The summed E-state index contributed by atoms with van der Waals surface area (Å²) in [6, 6.07) is 6.56. The lowest BCUT2D eigenvalue weighted by atomic mass is 10.0. The van der Waals surface area contributed by atoms with Gasteiger partial charge in [0, 0.05) is 19.0 Å². The summed E-state index contributed by atoms with van der Waals surface area (Å²) in [5.41, 5.74) is 9.36. The van der Waals surface area contributed by atoms with Crippen LogP contribution in [0.3, 0.4) is 0 Å². The van der Waals surface area contributed by atoms with Gasteiger partial charge in [-0.3, -0.25) is 4.68 Å². The van der Waals surface area contributed by atoms with Crippen LogP contribution < -0.4 is 5.73 Å². The number of hydrogen-bond acceptors (Lipinski definition) is 2. The van der Waals surface area contributed by atoms with Crippen LogP contribution in [0.4, 0.5) is 4.39 Å². The van der Waals surface area contributed by atoms with E-state index in [1.165, 1.54) is 6.07 Å². The SMILES string of the molecule is CCc1nn(CC)c(CC(N)Cc2cccc(F)c2)c1Br. The molecule has 0 aliphatic heterocycles. The summed E-state index contributed by atoms with van der Waals surface area (Å²) in [4.78, 5) is 0. The summed E-state index contributed by atoms with van der Waals surface area (Å²) in [5.74, 6) is -0.215. The second-order valence-electron chi connectivity index (χ2n) is 5.17. The Kier molecular flexibility index (Phi) is 5.53. The molecule has 1 heterocycles. The lowest BCUT2D eigenvalue weighted by Gasteiger charge is -2.13. The lowest BCUT2D eigenvalue weighted by molar-refractivity contribution is 0.570. The van der Waals surface area contributed by atoms with Crippen molar-refractivity contribution >= 4 is 15.9 Å². The normalized spacial score (nSPS) is 12.6. The molecule has 0 fully saturated rings. The van der Waals surface area contributed by atoms with Crippen molar-refractivity contribution in [2.45, 2.75) is 45.7 Å². The van der Waals surface area contributed by atoms with Gasteiger partial charge in [-0.15, -0.1) is 0 Å². The maximum absolute atomic E-state index is 13.2. The third kappa shape index (κ3) is 3.92. The first-order chi connectivity index (χ1) is 10.0. The number of hydrogen-bond donors (Lipinski definition) is 1. The molecule has 0 aliphatic carbocycles. The van der Waals surface area contributed by atoms with Gasteiger partial charge in [0.05, 0.1) is 15.9 Å². The topological polar surface area (TPSA) is 43.8 Å². The van der Waals surface area contributed by atoms with E-state index in [9.17, 15) is 4.39 Å². The minimum atomic E-state index is -0.215. The van der Waals surface area contributed by atoms with E-state index in [0.717, 1.165) is 40.8 Å². The van der Waals surface area contributed by atoms with Crippen LogP contribution in [0.2, 0.25) is 0 Å². The summed E-state index contributed by atoms with van der Waals surface area (Å²) in [6.07, 6.45) is 2.26. The molecule has 2 aromatic rings. The average Bonchev–Trinajstić information content (AvgIpc) is 2.75. The molecule has 0 amide bonds. The quantitative estimate of drug-likeness (QED) is 0.863. The van der Waals surface area contributed by atoms with Gasteiger partial charge >= 0.3 is 0 Å². The molecule has 114 valence electrons.